The van der Waals surface area contributed by atoms with Gasteiger partial charge in [0.05, 0.1) is 6.10 Å². The van der Waals surface area contributed by atoms with Crippen molar-refractivity contribution in [1.29, 1.82) is 0 Å². The zero-order valence-electron chi connectivity index (χ0n) is 13.2. The fourth-order valence-corrected chi connectivity index (χ4v) is 5.65. The third-order valence-electron chi connectivity index (χ3n) is 7.04. The highest BCUT2D eigenvalue weighted by Gasteiger charge is 2.53. The minimum atomic E-state index is -0.0992. The lowest BCUT2D eigenvalue weighted by atomic mass is 9.57. The number of carbonyl (C=O) groups excluding carboxylic acids is 1. The molecule has 0 unspecified atom stereocenters. The Balaban J connectivity index is 1.75. The van der Waals surface area contributed by atoms with Gasteiger partial charge in [0.2, 0.25) is 0 Å². The van der Waals surface area contributed by atoms with Gasteiger partial charge in [-0.15, -0.1) is 0 Å². The van der Waals surface area contributed by atoms with Crippen molar-refractivity contribution in [3.63, 3.8) is 0 Å². The SMILES string of the molecule is C[C@H]1CC2=C3CC[C@]4(C)[C@@H](O)CC[C@H]4[C@@H]3CCC2=CC1=O. The highest BCUT2D eigenvalue weighted by Crippen LogP contribution is 2.60. The summed E-state index contributed by atoms with van der Waals surface area (Å²) in [6.07, 6.45) is 9.50. The molecule has 2 saturated carbocycles. The summed E-state index contributed by atoms with van der Waals surface area (Å²) in [5, 5.41) is 10.4. The van der Waals surface area contributed by atoms with Crippen molar-refractivity contribution in [3.05, 3.63) is 22.8 Å². The van der Waals surface area contributed by atoms with Crippen molar-refractivity contribution in [2.24, 2.45) is 23.2 Å². The molecule has 4 aliphatic rings. The highest BCUT2D eigenvalue weighted by atomic mass is 16.3. The largest absolute Gasteiger partial charge is 0.393 e. The van der Waals surface area contributed by atoms with Gasteiger partial charge in [-0.05, 0) is 79.4 Å². The first-order chi connectivity index (χ1) is 10.0. The number of rotatable bonds is 0. The predicted octanol–water partition coefficient (Wildman–Crippen LogP) is 3.80. The molecule has 0 aromatic carbocycles. The molecule has 4 aliphatic carbocycles. The molecule has 2 heteroatoms. The number of aliphatic hydroxyl groups excluding tert-OH is 1. The lowest BCUT2D eigenvalue weighted by Crippen LogP contribution is -2.42. The average molecular weight is 286 g/mol. The molecule has 0 bridgehead atoms. The van der Waals surface area contributed by atoms with Gasteiger partial charge in [0.1, 0.15) is 0 Å². The van der Waals surface area contributed by atoms with Gasteiger partial charge in [-0.2, -0.15) is 0 Å². The minimum Gasteiger partial charge on any atom is -0.393 e. The lowest BCUT2D eigenvalue weighted by molar-refractivity contribution is -0.118. The van der Waals surface area contributed by atoms with Gasteiger partial charge in [-0.3, -0.25) is 4.79 Å². The van der Waals surface area contributed by atoms with Crippen molar-refractivity contribution in [2.45, 2.75) is 64.9 Å². The fourth-order valence-electron chi connectivity index (χ4n) is 5.65. The van der Waals surface area contributed by atoms with Crippen LogP contribution in [0.2, 0.25) is 0 Å². The molecular formula is C19H26O2. The van der Waals surface area contributed by atoms with Gasteiger partial charge >= 0.3 is 0 Å². The Morgan fingerprint density at radius 2 is 2.05 bits per heavy atom. The molecule has 0 radical (unpaired) electrons. The van der Waals surface area contributed by atoms with Gasteiger partial charge in [0.25, 0.3) is 0 Å². The number of aliphatic hydroxyl groups is 1. The molecule has 0 saturated heterocycles. The lowest BCUT2D eigenvalue weighted by Gasteiger charge is -2.48. The van der Waals surface area contributed by atoms with Crippen LogP contribution in [0.25, 0.3) is 0 Å². The Kier molecular flexibility index (Phi) is 2.98. The second-order valence-corrected chi connectivity index (χ2v) is 8.03. The topological polar surface area (TPSA) is 37.3 Å². The molecule has 1 N–H and O–H groups in total. The molecule has 2 fully saturated rings. The number of hydrogen-bond donors (Lipinski definition) is 1. The van der Waals surface area contributed by atoms with Crippen LogP contribution in [0.15, 0.2) is 22.8 Å². The Labute approximate surface area is 127 Å². The van der Waals surface area contributed by atoms with E-state index in [1.54, 1.807) is 5.57 Å². The predicted molar refractivity (Wildman–Crippen MR) is 82.7 cm³/mol. The molecule has 0 aliphatic heterocycles. The first-order valence-corrected chi connectivity index (χ1v) is 8.65. The molecule has 0 aromatic heterocycles. The van der Waals surface area contributed by atoms with Gasteiger partial charge in [0, 0.05) is 5.92 Å². The normalized spacial score (nSPS) is 45.9. The van der Waals surface area contributed by atoms with E-state index in [0.717, 1.165) is 32.1 Å². The maximum atomic E-state index is 12.0. The van der Waals surface area contributed by atoms with E-state index in [1.807, 2.05) is 6.08 Å². The minimum absolute atomic E-state index is 0.0992. The monoisotopic (exact) mass is 286 g/mol. The summed E-state index contributed by atoms with van der Waals surface area (Å²) in [4.78, 5) is 12.0. The van der Waals surface area contributed by atoms with Crippen molar-refractivity contribution in [3.8, 4) is 0 Å². The van der Waals surface area contributed by atoms with Gasteiger partial charge < -0.3 is 5.11 Å². The second-order valence-electron chi connectivity index (χ2n) is 8.03. The second kappa shape index (κ2) is 4.55. The van der Waals surface area contributed by atoms with Crippen LogP contribution in [0.4, 0.5) is 0 Å². The number of carbonyl (C=O) groups is 1. The van der Waals surface area contributed by atoms with Crippen LogP contribution in [0.3, 0.4) is 0 Å². The van der Waals surface area contributed by atoms with Crippen LogP contribution >= 0.6 is 0 Å². The molecule has 21 heavy (non-hydrogen) atoms. The average Bonchev–Trinajstić information content (AvgIpc) is 2.76. The molecule has 0 amide bonds. The van der Waals surface area contributed by atoms with Crippen molar-refractivity contribution in [1.82, 2.24) is 0 Å². The highest BCUT2D eigenvalue weighted by molar-refractivity contribution is 5.94. The van der Waals surface area contributed by atoms with Crippen LogP contribution in [-0.2, 0) is 4.79 Å². The first-order valence-electron chi connectivity index (χ1n) is 8.65. The Bertz CT molecular complexity index is 556. The van der Waals surface area contributed by atoms with Crippen LogP contribution in [0.1, 0.15) is 58.8 Å². The number of ketones is 1. The molecule has 4 rings (SSSR count). The summed E-state index contributed by atoms with van der Waals surface area (Å²) >= 11 is 0. The van der Waals surface area contributed by atoms with E-state index >= 15 is 0 Å². The van der Waals surface area contributed by atoms with E-state index < -0.39 is 0 Å². The third-order valence-corrected chi connectivity index (χ3v) is 7.04. The Morgan fingerprint density at radius 3 is 2.86 bits per heavy atom. The smallest absolute Gasteiger partial charge is 0.159 e. The van der Waals surface area contributed by atoms with E-state index in [4.69, 9.17) is 0 Å². The summed E-state index contributed by atoms with van der Waals surface area (Å²) < 4.78 is 0. The first kappa shape index (κ1) is 13.8. The third kappa shape index (κ3) is 1.84. The van der Waals surface area contributed by atoms with Crippen LogP contribution < -0.4 is 0 Å². The van der Waals surface area contributed by atoms with E-state index in [-0.39, 0.29) is 17.4 Å². The van der Waals surface area contributed by atoms with Gasteiger partial charge in [-0.25, -0.2) is 0 Å². The van der Waals surface area contributed by atoms with Crippen LogP contribution in [0, 0.1) is 23.2 Å². The zero-order chi connectivity index (χ0) is 14.8. The molecule has 114 valence electrons. The summed E-state index contributed by atoms with van der Waals surface area (Å²) in [6.45, 7) is 4.38. The molecule has 5 atom stereocenters. The molecule has 2 nitrogen and oxygen atoms in total. The molecule has 0 heterocycles. The quantitative estimate of drug-likeness (QED) is 0.735. The maximum absolute atomic E-state index is 12.0. The summed E-state index contributed by atoms with van der Waals surface area (Å²) in [7, 11) is 0. The molecule has 0 aromatic rings. The summed E-state index contributed by atoms with van der Waals surface area (Å²) in [5.41, 5.74) is 4.67. The van der Waals surface area contributed by atoms with Crippen LogP contribution in [-0.4, -0.2) is 17.0 Å². The number of fused-ring (bicyclic) bond motifs is 4. The van der Waals surface area contributed by atoms with Crippen molar-refractivity contribution in [2.75, 3.05) is 0 Å². The number of hydrogen-bond acceptors (Lipinski definition) is 2. The van der Waals surface area contributed by atoms with Gasteiger partial charge in [0.15, 0.2) is 5.78 Å². The standard InChI is InChI=1S/C19H26O2/c1-11-9-15-12(10-17(11)20)3-4-14-13(15)7-8-19(2)16(14)5-6-18(19)21/h10-11,14,16,18,21H,3-9H2,1-2H3/t11-,14+,16-,18-,19-/m0/s1. The summed E-state index contributed by atoms with van der Waals surface area (Å²) in [5.74, 6) is 1.83. The van der Waals surface area contributed by atoms with E-state index in [9.17, 15) is 9.90 Å². The maximum Gasteiger partial charge on any atom is 0.159 e. The van der Waals surface area contributed by atoms with E-state index in [1.165, 1.54) is 24.0 Å². The van der Waals surface area contributed by atoms with Crippen molar-refractivity contribution < 1.29 is 9.90 Å². The van der Waals surface area contributed by atoms with Crippen molar-refractivity contribution >= 4 is 5.78 Å². The van der Waals surface area contributed by atoms with E-state index in [0.29, 0.717) is 17.6 Å². The van der Waals surface area contributed by atoms with Crippen LogP contribution in [0.5, 0.6) is 0 Å². The summed E-state index contributed by atoms with van der Waals surface area (Å²) in [6, 6.07) is 0. The molecule has 0 spiro atoms. The molecular weight excluding hydrogens is 260 g/mol. The Morgan fingerprint density at radius 1 is 1.24 bits per heavy atom. The fraction of sp³-hybridized carbons (Fsp3) is 0.737. The van der Waals surface area contributed by atoms with Gasteiger partial charge in [-0.1, -0.05) is 19.4 Å². The number of allylic oxidation sites excluding steroid dienone is 4. The van der Waals surface area contributed by atoms with E-state index in [2.05, 4.69) is 13.8 Å². The Hall–Kier alpha value is -0.890. The zero-order valence-corrected chi connectivity index (χ0v) is 13.2.